The van der Waals surface area contributed by atoms with Gasteiger partial charge in [0.2, 0.25) is 12.2 Å². The first-order valence-corrected chi connectivity index (χ1v) is 15.9. The van der Waals surface area contributed by atoms with Gasteiger partial charge in [-0.05, 0) is 16.7 Å². The summed E-state index contributed by atoms with van der Waals surface area (Å²) in [5, 5.41) is 8.31. The molecule has 10 heteroatoms. The molecule has 0 radical (unpaired) electrons. The van der Waals surface area contributed by atoms with Crippen molar-refractivity contribution < 1.29 is 28.4 Å². The van der Waals surface area contributed by atoms with Crippen LogP contribution in [0.1, 0.15) is 16.7 Å². The van der Waals surface area contributed by atoms with Crippen LogP contribution < -0.4 is 0 Å². The molecule has 1 N–H and O–H groups in total. The summed E-state index contributed by atoms with van der Waals surface area (Å²) in [7, 11) is 0. The van der Waals surface area contributed by atoms with Crippen LogP contribution in [0, 0.1) is 5.41 Å². The Balaban J connectivity index is 1.81. The normalized spacial score (nSPS) is 21.7. The number of benzene rings is 3. The molecule has 0 aliphatic carbocycles. The highest BCUT2D eigenvalue weighted by Crippen LogP contribution is 2.42. The Bertz CT molecular complexity index is 1310. The quantitative estimate of drug-likeness (QED) is 0.0545. The number of halogens is 3. The first kappa shape index (κ1) is 35.9. The number of nitrogens with one attached hydrogen (secondary N) is 1. The minimum Gasteiger partial charge on any atom is -0.445 e. The molecule has 7 nitrogen and oxygen atoms in total. The van der Waals surface area contributed by atoms with Crippen LogP contribution in [0.15, 0.2) is 129 Å². The first-order chi connectivity index (χ1) is 22.3. The molecule has 244 valence electrons. The third-order valence-corrected chi connectivity index (χ3v) is 7.82. The van der Waals surface area contributed by atoms with Crippen LogP contribution in [0.2, 0.25) is 0 Å². The minimum absolute atomic E-state index is 0.0103. The second kappa shape index (κ2) is 17.3. The molecule has 0 saturated carbocycles. The second-order valence-electron chi connectivity index (χ2n) is 10.3. The molecule has 1 heterocycles. The maximum atomic E-state index is 8.31. The van der Waals surface area contributed by atoms with Crippen LogP contribution in [0.5, 0.6) is 0 Å². The third-order valence-electron chi connectivity index (χ3n) is 7.31. The van der Waals surface area contributed by atoms with Gasteiger partial charge in [0.25, 0.3) is 3.79 Å². The zero-order valence-electron chi connectivity index (χ0n) is 25.3. The Morgan fingerprint density at radius 2 is 1.09 bits per heavy atom. The Kier molecular flexibility index (Phi) is 13.5. The molecule has 3 aromatic carbocycles. The molecular weight excluding hydrogens is 649 g/mol. The van der Waals surface area contributed by atoms with E-state index >= 15 is 0 Å². The van der Waals surface area contributed by atoms with Crippen LogP contribution in [0.3, 0.4) is 0 Å². The zero-order chi connectivity index (χ0) is 33.0. The lowest BCUT2D eigenvalue weighted by atomic mass is 9.80. The highest BCUT2D eigenvalue weighted by Gasteiger charge is 2.51. The van der Waals surface area contributed by atoms with E-state index in [0.717, 1.165) is 16.7 Å². The zero-order valence-corrected chi connectivity index (χ0v) is 27.6. The van der Waals surface area contributed by atoms with Crippen LogP contribution in [0.25, 0.3) is 0 Å². The molecule has 4 rings (SSSR count). The van der Waals surface area contributed by atoms with Crippen LogP contribution in [-0.4, -0.2) is 66.8 Å². The van der Waals surface area contributed by atoms with E-state index in [-0.39, 0.29) is 26.4 Å². The van der Waals surface area contributed by atoms with Crippen LogP contribution in [0.4, 0.5) is 0 Å². The van der Waals surface area contributed by atoms with E-state index < -0.39 is 46.0 Å². The van der Waals surface area contributed by atoms with Gasteiger partial charge in [0.05, 0.1) is 26.4 Å². The van der Waals surface area contributed by atoms with Gasteiger partial charge in [-0.3, -0.25) is 5.41 Å². The lowest BCUT2D eigenvalue weighted by Crippen LogP contribution is -2.63. The molecule has 46 heavy (non-hydrogen) atoms. The molecule has 1 saturated heterocycles. The molecule has 0 bridgehead atoms. The third kappa shape index (κ3) is 8.68. The van der Waals surface area contributed by atoms with Gasteiger partial charge < -0.3 is 28.4 Å². The van der Waals surface area contributed by atoms with E-state index in [4.69, 9.17) is 68.6 Å². The van der Waals surface area contributed by atoms with Gasteiger partial charge in [0, 0.05) is 0 Å². The highest BCUT2D eigenvalue weighted by molar-refractivity contribution is 6.76. The first-order valence-electron chi connectivity index (χ1n) is 14.7. The van der Waals surface area contributed by atoms with Crippen molar-refractivity contribution in [3.63, 3.8) is 0 Å². The number of hydrogen-bond donors (Lipinski definition) is 1. The van der Waals surface area contributed by atoms with Crippen molar-refractivity contribution in [1.82, 2.24) is 0 Å². The lowest BCUT2D eigenvalue weighted by molar-refractivity contribution is -0.306. The predicted molar refractivity (Wildman–Crippen MR) is 183 cm³/mol. The van der Waals surface area contributed by atoms with Gasteiger partial charge in [0.15, 0.2) is 0 Å². The topological polar surface area (TPSA) is 79.2 Å². The van der Waals surface area contributed by atoms with Gasteiger partial charge in [-0.25, -0.2) is 0 Å². The van der Waals surface area contributed by atoms with E-state index in [2.05, 4.69) is 19.7 Å². The monoisotopic (exact) mass is 685 g/mol. The molecule has 1 unspecified atom stereocenters. The summed E-state index contributed by atoms with van der Waals surface area (Å²) >= 11 is 18.0. The largest absolute Gasteiger partial charge is 0.445 e. The van der Waals surface area contributed by atoms with E-state index in [1.165, 1.54) is 0 Å². The molecule has 0 amide bonds. The molecule has 0 spiro atoms. The standard InChI is InChI=1S/C36H38Cl3NO6/c1-4-22-41-30-29(45-33(46-34(40)36(37,38)39)32(43-24-6-3)31(30)42-23-5-2)25-44-35(26-16-10-7-11-17-26,27-18-12-8-13-19-27)28-20-14-9-15-21-28/h4-21,29-33,40H,1-3,22-25H2/t29-,30+,31+,32-,33?/m1/s1. The Hall–Kier alpha value is -2.98. The van der Waals surface area contributed by atoms with E-state index in [1.807, 2.05) is 91.0 Å². The molecule has 1 fully saturated rings. The summed E-state index contributed by atoms with van der Waals surface area (Å²) in [6.07, 6.45) is 0.314. The fraction of sp³-hybridized carbons (Fsp3) is 0.306. The SMILES string of the molecule is C=CCO[C@@H]1[C@H](OCC=C)[C@@H](OCC=C)C(OC(=N)C(Cl)(Cl)Cl)O[C@@H]1COC(c1ccccc1)(c1ccccc1)c1ccccc1. The molecule has 0 aromatic heterocycles. The second-order valence-corrected chi connectivity index (χ2v) is 12.6. The molecule has 5 atom stereocenters. The molecular formula is C36H38Cl3NO6. The summed E-state index contributed by atoms with van der Waals surface area (Å²) in [4.78, 5) is 0. The van der Waals surface area contributed by atoms with Crippen LogP contribution >= 0.6 is 34.8 Å². The summed E-state index contributed by atoms with van der Waals surface area (Å²) in [6, 6.07) is 29.9. The Morgan fingerprint density at radius 1 is 0.674 bits per heavy atom. The summed E-state index contributed by atoms with van der Waals surface area (Å²) in [5.41, 5.74) is 1.67. The lowest BCUT2D eigenvalue weighted by Gasteiger charge is -2.46. The van der Waals surface area contributed by atoms with Gasteiger partial charge in [-0.1, -0.05) is 144 Å². The van der Waals surface area contributed by atoms with E-state index in [9.17, 15) is 0 Å². The fourth-order valence-electron chi connectivity index (χ4n) is 5.37. The molecule has 1 aliphatic heterocycles. The maximum absolute atomic E-state index is 8.31. The smallest absolute Gasteiger partial charge is 0.265 e. The number of alkyl halides is 3. The summed E-state index contributed by atoms with van der Waals surface area (Å²) in [5.74, 6) is -0.644. The van der Waals surface area contributed by atoms with Gasteiger partial charge in [-0.15, -0.1) is 19.7 Å². The van der Waals surface area contributed by atoms with Crippen molar-refractivity contribution in [3.8, 4) is 0 Å². The van der Waals surface area contributed by atoms with Crippen LogP contribution in [-0.2, 0) is 34.0 Å². The van der Waals surface area contributed by atoms with Crippen molar-refractivity contribution >= 4 is 40.7 Å². The summed E-state index contributed by atoms with van der Waals surface area (Å²) in [6.45, 7) is 11.8. The van der Waals surface area contributed by atoms with Crippen molar-refractivity contribution in [1.29, 1.82) is 5.41 Å². The Morgan fingerprint density at radius 3 is 1.50 bits per heavy atom. The number of ether oxygens (including phenoxy) is 6. The number of rotatable bonds is 16. The van der Waals surface area contributed by atoms with Crippen molar-refractivity contribution in [2.45, 2.75) is 40.1 Å². The molecule has 1 aliphatic rings. The Labute approximate surface area is 285 Å². The average molecular weight is 687 g/mol. The summed E-state index contributed by atoms with van der Waals surface area (Å²) < 4.78 is 35.9. The highest BCUT2D eigenvalue weighted by atomic mass is 35.6. The van der Waals surface area contributed by atoms with Crippen molar-refractivity contribution in [3.05, 3.63) is 146 Å². The van der Waals surface area contributed by atoms with E-state index in [0.29, 0.717) is 0 Å². The van der Waals surface area contributed by atoms with Gasteiger partial charge in [0.1, 0.15) is 30.0 Å². The average Bonchev–Trinajstić information content (AvgIpc) is 3.07. The van der Waals surface area contributed by atoms with E-state index in [1.54, 1.807) is 18.2 Å². The van der Waals surface area contributed by atoms with Crippen molar-refractivity contribution in [2.75, 3.05) is 26.4 Å². The predicted octanol–water partition coefficient (Wildman–Crippen LogP) is 7.80. The van der Waals surface area contributed by atoms with Gasteiger partial charge in [-0.2, -0.15) is 0 Å². The minimum atomic E-state index is -2.14. The van der Waals surface area contributed by atoms with Crippen molar-refractivity contribution in [2.24, 2.45) is 0 Å². The fourth-order valence-corrected chi connectivity index (χ4v) is 5.50. The molecule has 3 aromatic rings. The van der Waals surface area contributed by atoms with Gasteiger partial charge >= 0.3 is 0 Å². The number of hydrogen-bond acceptors (Lipinski definition) is 7. The maximum Gasteiger partial charge on any atom is 0.265 e.